The number of hydrogen-bond acceptors (Lipinski definition) is 2. The lowest BCUT2D eigenvalue weighted by Crippen LogP contribution is -1.96. The molecule has 2 aromatic rings. The monoisotopic (exact) mass is 256 g/mol. The SMILES string of the molecule is Cc1ccc(C#N)c(Nc2cc(Cl)ccc2C)c1. The molecule has 3 heteroatoms. The lowest BCUT2D eigenvalue weighted by atomic mass is 10.1. The fourth-order valence-electron chi connectivity index (χ4n) is 1.73. The Morgan fingerprint density at radius 3 is 2.56 bits per heavy atom. The fraction of sp³-hybridized carbons (Fsp3) is 0.133. The van der Waals surface area contributed by atoms with Crippen LogP contribution in [0.4, 0.5) is 11.4 Å². The summed E-state index contributed by atoms with van der Waals surface area (Å²) in [6, 6.07) is 13.5. The number of nitriles is 1. The highest BCUT2D eigenvalue weighted by Crippen LogP contribution is 2.26. The first-order valence-corrected chi connectivity index (χ1v) is 6.02. The van der Waals surface area contributed by atoms with Crippen LogP contribution in [-0.2, 0) is 0 Å². The van der Waals surface area contributed by atoms with Gasteiger partial charge in [0.15, 0.2) is 0 Å². The average Bonchev–Trinajstić information content (AvgIpc) is 2.34. The zero-order chi connectivity index (χ0) is 13.1. The summed E-state index contributed by atoms with van der Waals surface area (Å²) < 4.78 is 0. The van der Waals surface area contributed by atoms with Gasteiger partial charge in [-0.25, -0.2) is 0 Å². The smallest absolute Gasteiger partial charge is 0.101 e. The lowest BCUT2D eigenvalue weighted by molar-refractivity contribution is 1.38. The molecule has 2 aromatic carbocycles. The normalized spacial score (nSPS) is 9.89. The summed E-state index contributed by atoms with van der Waals surface area (Å²) >= 11 is 5.98. The van der Waals surface area contributed by atoms with Gasteiger partial charge in [-0.15, -0.1) is 0 Å². The lowest BCUT2D eigenvalue weighted by Gasteiger charge is -2.12. The Morgan fingerprint density at radius 2 is 1.83 bits per heavy atom. The molecule has 2 nitrogen and oxygen atoms in total. The van der Waals surface area contributed by atoms with E-state index in [1.807, 2.05) is 50.2 Å². The predicted octanol–water partition coefficient (Wildman–Crippen LogP) is 4.57. The molecule has 18 heavy (non-hydrogen) atoms. The van der Waals surface area contributed by atoms with Gasteiger partial charge in [0.05, 0.1) is 11.3 Å². The highest BCUT2D eigenvalue weighted by Gasteiger charge is 2.05. The van der Waals surface area contributed by atoms with Gasteiger partial charge in [0.1, 0.15) is 6.07 Å². The number of nitrogens with one attached hydrogen (secondary N) is 1. The molecule has 0 aromatic heterocycles. The van der Waals surface area contributed by atoms with Crippen molar-refractivity contribution in [3.8, 4) is 6.07 Å². The maximum atomic E-state index is 9.10. The maximum Gasteiger partial charge on any atom is 0.101 e. The van der Waals surface area contributed by atoms with Crippen LogP contribution in [0.15, 0.2) is 36.4 Å². The van der Waals surface area contributed by atoms with E-state index in [1.54, 1.807) is 0 Å². The Kier molecular flexibility index (Phi) is 3.55. The second-order valence-electron chi connectivity index (χ2n) is 4.25. The van der Waals surface area contributed by atoms with Gasteiger partial charge in [-0.2, -0.15) is 5.26 Å². The van der Waals surface area contributed by atoms with E-state index in [2.05, 4.69) is 11.4 Å². The van der Waals surface area contributed by atoms with Gasteiger partial charge >= 0.3 is 0 Å². The minimum Gasteiger partial charge on any atom is -0.354 e. The molecule has 90 valence electrons. The quantitative estimate of drug-likeness (QED) is 0.854. The molecule has 2 rings (SSSR count). The number of halogens is 1. The highest BCUT2D eigenvalue weighted by atomic mass is 35.5. The van der Waals surface area contributed by atoms with Crippen molar-refractivity contribution in [1.82, 2.24) is 0 Å². The van der Waals surface area contributed by atoms with Crippen LogP contribution in [0.3, 0.4) is 0 Å². The number of rotatable bonds is 2. The summed E-state index contributed by atoms with van der Waals surface area (Å²) in [5.41, 5.74) is 4.55. The number of anilines is 2. The van der Waals surface area contributed by atoms with Gasteiger partial charge in [-0.3, -0.25) is 0 Å². The summed E-state index contributed by atoms with van der Waals surface area (Å²) in [6.07, 6.45) is 0. The van der Waals surface area contributed by atoms with Gasteiger partial charge in [-0.1, -0.05) is 23.7 Å². The molecular formula is C15H13ClN2. The molecule has 0 aliphatic carbocycles. The van der Waals surface area contributed by atoms with Crippen LogP contribution in [0.2, 0.25) is 5.02 Å². The summed E-state index contributed by atoms with van der Waals surface area (Å²) in [7, 11) is 0. The van der Waals surface area contributed by atoms with Crippen LogP contribution in [-0.4, -0.2) is 0 Å². The van der Waals surface area contributed by atoms with Gasteiger partial charge in [0, 0.05) is 10.7 Å². The van der Waals surface area contributed by atoms with Crippen LogP contribution in [0.25, 0.3) is 0 Å². The summed E-state index contributed by atoms with van der Waals surface area (Å²) in [5, 5.41) is 13.0. The molecule has 0 radical (unpaired) electrons. The van der Waals surface area contributed by atoms with E-state index in [4.69, 9.17) is 16.9 Å². The molecule has 0 fully saturated rings. The molecule has 0 aliphatic rings. The Balaban J connectivity index is 2.43. The number of hydrogen-bond donors (Lipinski definition) is 1. The zero-order valence-electron chi connectivity index (χ0n) is 10.3. The predicted molar refractivity (Wildman–Crippen MR) is 75.4 cm³/mol. The van der Waals surface area contributed by atoms with Crippen molar-refractivity contribution >= 4 is 23.0 Å². The third-order valence-electron chi connectivity index (χ3n) is 2.76. The molecule has 0 saturated heterocycles. The third-order valence-corrected chi connectivity index (χ3v) is 3.00. The average molecular weight is 257 g/mol. The van der Waals surface area contributed by atoms with Gasteiger partial charge in [0.25, 0.3) is 0 Å². The molecule has 0 saturated carbocycles. The minimum atomic E-state index is 0.625. The molecule has 0 atom stereocenters. The van der Waals surface area contributed by atoms with Crippen LogP contribution in [0.1, 0.15) is 16.7 Å². The molecule has 0 bridgehead atoms. The zero-order valence-corrected chi connectivity index (χ0v) is 11.0. The van der Waals surface area contributed by atoms with E-state index >= 15 is 0 Å². The molecular weight excluding hydrogens is 244 g/mol. The standard InChI is InChI=1S/C15H13ClN2/c1-10-3-5-12(9-17)15(7-10)18-14-8-13(16)6-4-11(14)2/h3-8,18H,1-2H3. The molecule has 0 amide bonds. The first-order valence-electron chi connectivity index (χ1n) is 5.64. The molecule has 0 heterocycles. The van der Waals surface area contributed by atoms with Crippen LogP contribution in [0, 0.1) is 25.2 Å². The van der Waals surface area contributed by atoms with E-state index in [1.165, 1.54) is 0 Å². The number of nitrogens with zero attached hydrogens (tertiary/aromatic N) is 1. The maximum absolute atomic E-state index is 9.10. The van der Waals surface area contributed by atoms with Crippen molar-refractivity contribution in [2.24, 2.45) is 0 Å². The number of benzene rings is 2. The molecule has 0 spiro atoms. The van der Waals surface area contributed by atoms with Crippen molar-refractivity contribution in [2.45, 2.75) is 13.8 Å². The van der Waals surface area contributed by atoms with Crippen molar-refractivity contribution in [1.29, 1.82) is 5.26 Å². The van der Waals surface area contributed by atoms with E-state index in [-0.39, 0.29) is 0 Å². The largest absolute Gasteiger partial charge is 0.354 e. The topological polar surface area (TPSA) is 35.8 Å². The van der Waals surface area contributed by atoms with Crippen molar-refractivity contribution < 1.29 is 0 Å². The highest BCUT2D eigenvalue weighted by molar-refractivity contribution is 6.30. The number of aryl methyl sites for hydroxylation is 2. The Morgan fingerprint density at radius 1 is 1.06 bits per heavy atom. The first-order chi connectivity index (χ1) is 8.60. The van der Waals surface area contributed by atoms with Crippen molar-refractivity contribution in [3.63, 3.8) is 0 Å². The summed E-state index contributed by atoms with van der Waals surface area (Å²) in [6.45, 7) is 4.00. The Hall–Kier alpha value is -1.98. The van der Waals surface area contributed by atoms with Crippen molar-refractivity contribution in [3.05, 3.63) is 58.1 Å². The van der Waals surface area contributed by atoms with Crippen molar-refractivity contribution in [2.75, 3.05) is 5.32 Å². The second-order valence-corrected chi connectivity index (χ2v) is 4.68. The minimum absolute atomic E-state index is 0.625. The van der Waals surface area contributed by atoms with E-state index in [9.17, 15) is 0 Å². The van der Waals surface area contributed by atoms with Crippen LogP contribution >= 0.6 is 11.6 Å². The van der Waals surface area contributed by atoms with Crippen LogP contribution < -0.4 is 5.32 Å². The van der Waals surface area contributed by atoms with E-state index < -0.39 is 0 Å². The third kappa shape index (κ3) is 2.64. The first kappa shape index (κ1) is 12.5. The Bertz CT molecular complexity index is 627. The van der Waals surface area contributed by atoms with Gasteiger partial charge < -0.3 is 5.32 Å². The summed E-state index contributed by atoms with van der Waals surface area (Å²) in [4.78, 5) is 0. The molecule has 0 aliphatic heterocycles. The van der Waals surface area contributed by atoms with Crippen LogP contribution in [0.5, 0.6) is 0 Å². The molecule has 1 N–H and O–H groups in total. The summed E-state index contributed by atoms with van der Waals surface area (Å²) in [5.74, 6) is 0. The second kappa shape index (κ2) is 5.12. The van der Waals surface area contributed by atoms with E-state index in [0.29, 0.717) is 10.6 Å². The van der Waals surface area contributed by atoms with E-state index in [0.717, 1.165) is 22.5 Å². The van der Waals surface area contributed by atoms with Gasteiger partial charge in [0.2, 0.25) is 0 Å². The molecule has 0 unspecified atom stereocenters. The van der Waals surface area contributed by atoms with Gasteiger partial charge in [-0.05, 0) is 49.2 Å². The fourth-order valence-corrected chi connectivity index (χ4v) is 1.91. The Labute approximate surface area is 112 Å².